The summed E-state index contributed by atoms with van der Waals surface area (Å²) in [6.45, 7) is 1.95. The maximum atomic E-state index is 10.5. The molecule has 82 valence electrons. The van der Waals surface area contributed by atoms with Crippen LogP contribution in [-0.4, -0.2) is 22.4 Å². The smallest absolute Gasteiger partial charge is 0.304 e. The lowest BCUT2D eigenvalue weighted by Gasteiger charge is -2.17. The van der Waals surface area contributed by atoms with Crippen LogP contribution in [0.15, 0.2) is 35.2 Å². The highest BCUT2D eigenvalue weighted by molar-refractivity contribution is 8.00. The molecule has 15 heavy (non-hydrogen) atoms. The van der Waals surface area contributed by atoms with E-state index in [4.69, 9.17) is 10.8 Å². The van der Waals surface area contributed by atoms with E-state index in [0.717, 1.165) is 4.90 Å². The van der Waals surface area contributed by atoms with Gasteiger partial charge in [0, 0.05) is 16.2 Å². The van der Waals surface area contributed by atoms with Crippen molar-refractivity contribution in [3.8, 4) is 0 Å². The van der Waals surface area contributed by atoms with Gasteiger partial charge in [0.25, 0.3) is 0 Å². The number of nitrogens with two attached hydrogens (primary N) is 1. The zero-order chi connectivity index (χ0) is 11.3. The maximum Gasteiger partial charge on any atom is 0.304 e. The molecule has 0 aliphatic carbocycles. The molecule has 0 aliphatic rings. The van der Waals surface area contributed by atoms with E-state index >= 15 is 0 Å². The quantitative estimate of drug-likeness (QED) is 0.752. The van der Waals surface area contributed by atoms with Gasteiger partial charge in [-0.15, -0.1) is 11.8 Å². The average Bonchev–Trinajstić information content (AvgIpc) is 2.18. The van der Waals surface area contributed by atoms with Crippen molar-refractivity contribution in [2.45, 2.75) is 29.5 Å². The minimum Gasteiger partial charge on any atom is -0.481 e. The summed E-state index contributed by atoms with van der Waals surface area (Å²) >= 11 is 1.61. The summed E-state index contributed by atoms with van der Waals surface area (Å²) in [5.41, 5.74) is 5.76. The highest BCUT2D eigenvalue weighted by atomic mass is 32.2. The molecule has 0 bridgehead atoms. The number of benzene rings is 1. The number of thioether (sulfide) groups is 1. The van der Waals surface area contributed by atoms with Crippen LogP contribution in [0.2, 0.25) is 0 Å². The standard InChI is InChI=1S/C11H15NO2S/c1-8(10(12)7-11(13)14)15-9-5-3-2-4-6-9/h2-6,8,10H,7,12H2,1H3,(H,13,14). The molecule has 3 N–H and O–H groups in total. The summed E-state index contributed by atoms with van der Waals surface area (Å²) in [7, 11) is 0. The number of carboxylic acid groups (broad SMARTS) is 1. The number of carboxylic acids is 1. The van der Waals surface area contributed by atoms with Gasteiger partial charge in [0.1, 0.15) is 0 Å². The average molecular weight is 225 g/mol. The van der Waals surface area contributed by atoms with Crippen LogP contribution in [0, 0.1) is 0 Å². The van der Waals surface area contributed by atoms with Gasteiger partial charge in [-0.1, -0.05) is 25.1 Å². The molecule has 0 heterocycles. The van der Waals surface area contributed by atoms with Crippen LogP contribution in [0.4, 0.5) is 0 Å². The van der Waals surface area contributed by atoms with Crippen LogP contribution in [0.25, 0.3) is 0 Å². The summed E-state index contributed by atoms with van der Waals surface area (Å²) < 4.78 is 0. The van der Waals surface area contributed by atoms with Gasteiger partial charge in [-0.3, -0.25) is 4.79 Å². The molecule has 0 aliphatic heterocycles. The molecule has 3 nitrogen and oxygen atoms in total. The van der Waals surface area contributed by atoms with Gasteiger partial charge in [0.2, 0.25) is 0 Å². The van der Waals surface area contributed by atoms with E-state index in [1.54, 1.807) is 11.8 Å². The van der Waals surface area contributed by atoms with Crippen molar-refractivity contribution in [3.05, 3.63) is 30.3 Å². The van der Waals surface area contributed by atoms with Gasteiger partial charge in [-0.2, -0.15) is 0 Å². The second-order valence-electron chi connectivity index (χ2n) is 3.40. The highest BCUT2D eigenvalue weighted by Gasteiger charge is 2.16. The normalized spacial score (nSPS) is 14.5. The van der Waals surface area contributed by atoms with Crippen LogP contribution < -0.4 is 5.73 Å². The van der Waals surface area contributed by atoms with Crippen molar-refractivity contribution in [1.29, 1.82) is 0 Å². The molecule has 1 rings (SSSR count). The van der Waals surface area contributed by atoms with Crippen molar-refractivity contribution in [1.82, 2.24) is 0 Å². The van der Waals surface area contributed by atoms with Crippen molar-refractivity contribution in [2.24, 2.45) is 5.73 Å². The molecule has 0 saturated carbocycles. The second-order valence-corrected chi connectivity index (χ2v) is 4.85. The summed E-state index contributed by atoms with van der Waals surface area (Å²) in [6, 6.07) is 9.54. The van der Waals surface area contributed by atoms with E-state index in [1.165, 1.54) is 0 Å². The van der Waals surface area contributed by atoms with Crippen LogP contribution in [-0.2, 0) is 4.79 Å². The molecular formula is C11H15NO2S. The molecule has 0 spiro atoms. The van der Waals surface area contributed by atoms with E-state index in [2.05, 4.69) is 0 Å². The van der Waals surface area contributed by atoms with Crippen LogP contribution in [0.3, 0.4) is 0 Å². The predicted molar refractivity (Wildman–Crippen MR) is 62.0 cm³/mol. The Bertz CT molecular complexity index is 316. The molecule has 1 aromatic carbocycles. The Balaban J connectivity index is 2.48. The van der Waals surface area contributed by atoms with E-state index < -0.39 is 5.97 Å². The molecule has 0 saturated heterocycles. The zero-order valence-electron chi connectivity index (χ0n) is 8.59. The maximum absolute atomic E-state index is 10.5. The molecule has 0 aromatic heterocycles. The molecule has 2 atom stereocenters. The number of hydrogen-bond acceptors (Lipinski definition) is 3. The van der Waals surface area contributed by atoms with Gasteiger partial charge in [-0.25, -0.2) is 0 Å². The van der Waals surface area contributed by atoms with Crippen molar-refractivity contribution in [3.63, 3.8) is 0 Å². The van der Waals surface area contributed by atoms with Crippen LogP contribution in [0.1, 0.15) is 13.3 Å². The van der Waals surface area contributed by atoms with Gasteiger partial charge >= 0.3 is 5.97 Å². The summed E-state index contributed by atoms with van der Waals surface area (Å²) in [5, 5.41) is 8.71. The van der Waals surface area contributed by atoms with Gasteiger partial charge in [0.05, 0.1) is 6.42 Å². The Morgan fingerprint density at radius 2 is 2.07 bits per heavy atom. The minimum absolute atomic E-state index is 0.0149. The molecule has 0 fully saturated rings. The Hall–Kier alpha value is -1.00. The predicted octanol–water partition coefficient (Wildman–Crippen LogP) is 1.97. The van der Waals surface area contributed by atoms with Crippen LogP contribution in [0.5, 0.6) is 0 Å². The SMILES string of the molecule is CC(Sc1ccccc1)C(N)CC(=O)O. The van der Waals surface area contributed by atoms with Crippen molar-refractivity contribution < 1.29 is 9.90 Å². The summed E-state index contributed by atoms with van der Waals surface area (Å²) in [4.78, 5) is 11.6. The fourth-order valence-corrected chi connectivity index (χ4v) is 2.18. The Morgan fingerprint density at radius 3 is 2.60 bits per heavy atom. The van der Waals surface area contributed by atoms with E-state index in [-0.39, 0.29) is 17.7 Å². The third kappa shape index (κ3) is 4.36. The largest absolute Gasteiger partial charge is 0.481 e. The lowest BCUT2D eigenvalue weighted by atomic mass is 10.2. The molecule has 2 unspecified atom stereocenters. The van der Waals surface area contributed by atoms with Gasteiger partial charge in [-0.05, 0) is 12.1 Å². The van der Waals surface area contributed by atoms with E-state index in [1.807, 2.05) is 37.3 Å². The third-order valence-electron chi connectivity index (χ3n) is 2.08. The lowest BCUT2D eigenvalue weighted by molar-refractivity contribution is -0.137. The Labute approximate surface area is 93.7 Å². The molecule has 0 amide bonds. The zero-order valence-corrected chi connectivity index (χ0v) is 9.41. The Kier molecular flexibility index (Phi) is 4.65. The topological polar surface area (TPSA) is 63.3 Å². The number of aliphatic carboxylic acids is 1. The fourth-order valence-electron chi connectivity index (χ4n) is 1.17. The first-order valence-corrected chi connectivity index (χ1v) is 5.66. The molecule has 1 aromatic rings. The summed E-state index contributed by atoms with van der Waals surface area (Å²) in [6.07, 6.45) is 0.0149. The number of rotatable bonds is 5. The lowest BCUT2D eigenvalue weighted by Crippen LogP contribution is -2.32. The number of hydrogen-bond donors (Lipinski definition) is 2. The monoisotopic (exact) mass is 225 g/mol. The first-order chi connectivity index (χ1) is 7.09. The Morgan fingerprint density at radius 1 is 1.47 bits per heavy atom. The van der Waals surface area contributed by atoms with Gasteiger partial charge < -0.3 is 10.8 Å². The van der Waals surface area contributed by atoms with Gasteiger partial charge in [0.15, 0.2) is 0 Å². The second kappa shape index (κ2) is 5.78. The van der Waals surface area contributed by atoms with Crippen molar-refractivity contribution in [2.75, 3.05) is 0 Å². The first kappa shape index (κ1) is 12.1. The highest BCUT2D eigenvalue weighted by Crippen LogP contribution is 2.24. The molecular weight excluding hydrogens is 210 g/mol. The molecule has 4 heteroatoms. The number of carbonyl (C=O) groups is 1. The van der Waals surface area contributed by atoms with Crippen LogP contribution >= 0.6 is 11.8 Å². The van der Waals surface area contributed by atoms with Crippen molar-refractivity contribution >= 4 is 17.7 Å². The summed E-state index contributed by atoms with van der Waals surface area (Å²) in [5.74, 6) is -0.844. The van der Waals surface area contributed by atoms with E-state index in [0.29, 0.717) is 0 Å². The first-order valence-electron chi connectivity index (χ1n) is 4.78. The molecule has 0 radical (unpaired) electrons. The van der Waals surface area contributed by atoms with E-state index in [9.17, 15) is 4.79 Å². The minimum atomic E-state index is -0.844. The third-order valence-corrected chi connectivity index (χ3v) is 3.34. The fraction of sp³-hybridized carbons (Fsp3) is 0.364.